The Bertz CT molecular complexity index is 1270. The molecule has 0 unspecified atom stereocenters. The quantitative estimate of drug-likeness (QED) is 0.550. The van der Waals surface area contributed by atoms with Crippen LogP contribution >= 0.6 is 0 Å². The Hall–Kier alpha value is -3.38. The molecule has 0 fully saturated rings. The second-order valence-electron chi connectivity index (χ2n) is 7.65. The van der Waals surface area contributed by atoms with Crippen molar-refractivity contribution in [1.82, 2.24) is 14.2 Å². The number of aliphatic hydroxyl groups excluding tert-OH is 1. The first-order chi connectivity index (χ1) is 14.4. The Kier molecular flexibility index (Phi) is 5.18. The van der Waals surface area contributed by atoms with Gasteiger partial charge in [0.15, 0.2) is 0 Å². The Morgan fingerprint density at radius 2 is 1.70 bits per heavy atom. The molecule has 2 aromatic heterocycles. The highest BCUT2D eigenvalue weighted by Crippen LogP contribution is 2.24. The summed E-state index contributed by atoms with van der Waals surface area (Å²) in [5, 5.41) is 15.3. The van der Waals surface area contributed by atoms with Gasteiger partial charge in [-0.2, -0.15) is 5.10 Å². The van der Waals surface area contributed by atoms with Crippen molar-refractivity contribution in [3.8, 4) is 17.0 Å². The van der Waals surface area contributed by atoms with Crippen LogP contribution in [0.3, 0.4) is 0 Å². The van der Waals surface area contributed by atoms with Gasteiger partial charge in [-0.3, -0.25) is 4.79 Å². The van der Waals surface area contributed by atoms with Crippen molar-refractivity contribution < 1.29 is 9.84 Å². The monoisotopic (exact) mass is 403 g/mol. The summed E-state index contributed by atoms with van der Waals surface area (Å²) in [7, 11) is 1.62. The molecule has 2 aromatic carbocycles. The van der Waals surface area contributed by atoms with Gasteiger partial charge < -0.3 is 14.4 Å². The van der Waals surface area contributed by atoms with Crippen LogP contribution in [0, 0.1) is 20.8 Å². The lowest BCUT2D eigenvalue weighted by Crippen LogP contribution is -2.24. The summed E-state index contributed by atoms with van der Waals surface area (Å²) < 4.78 is 8.30. The third kappa shape index (κ3) is 3.62. The SMILES string of the molecule is COc1ccc(-c2cc3c(=O)n(C[C@@H](O)c4cc(C)c(C)cc4C)ccn3n2)cc1. The number of methoxy groups -OCH3 is 1. The maximum Gasteiger partial charge on any atom is 0.276 e. The summed E-state index contributed by atoms with van der Waals surface area (Å²) in [4.78, 5) is 13.0. The summed E-state index contributed by atoms with van der Waals surface area (Å²) in [5.74, 6) is 0.764. The highest BCUT2D eigenvalue weighted by Gasteiger charge is 2.15. The predicted octanol–water partition coefficient (Wildman–Crippen LogP) is 3.83. The first kappa shape index (κ1) is 19.9. The van der Waals surface area contributed by atoms with Crippen molar-refractivity contribution in [2.75, 3.05) is 7.11 Å². The molecule has 0 saturated heterocycles. The van der Waals surface area contributed by atoms with Gasteiger partial charge in [-0.15, -0.1) is 0 Å². The molecule has 0 aliphatic rings. The molecular formula is C24H25N3O3. The molecule has 0 aliphatic carbocycles. The normalized spacial score (nSPS) is 12.3. The molecule has 30 heavy (non-hydrogen) atoms. The van der Waals surface area contributed by atoms with E-state index in [1.165, 1.54) is 10.1 Å². The van der Waals surface area contributed by atoms with Crippen molar-refractivity contribution in [1.29, 1.82) is 0 Å². The average Bonchev–Trinajstić information content (AvgIpc) is 3.18. The van der Waals surface area contributed by atoms with Gasteiger partial charge in [0, 0.05) is 18.0 Å². The highest BCUT2D eigenvalue weighted by molar-refractivity contribution is 5.66. The maximum atomic E-state index is 13.0. The van der Waals surface area contributed by atoms with Crippen LogP contribution < -0.4 is 10.3 Å². The fraction of sp³-hybridized carbons (Fsp3) is 0.250. The lowest BCUT2D eigenvalue weighted by atomic mass is 9.97. The number of hydrogen-bond acceptors (Lipinski definition) is 4. The van der Waals surface area contributed by atoms with Crippen LogP contribution in [0.1, 0.15) is 28.4 Å². The molecule has 0 saturated carbocycles. The van der Waals surface area contributed by atoms with E-state index in [1.807, 2.05) is 44.2 Å². The van der Waals surface area contributed by atoms with E-state index in [4.69, 9.17) is 4.74 Å². The van der Waals surface area contributed by atoms with Crippen molar-refractivity contribution in [2.45, 2.75) is 33.4 Å². The minimum Gasteiger partial charge on any atom is -0.497 e. The number of rotatable bonds is 5. The summed E-state index contributed by atoms with van der Waals surface area (Å²) in [6.45, 7) is 6.24. The second kappa shape index (κ2) is 7.80. The highest BCUT2D eigenvalue weighted by atomic mass is 16.5. The van der Waals surface area contributed by atoms with Crippen LogP contribution in [0.4, 0.5) is 0 Å². The summed E-state index contributed by atoms with van der Waals surface area (Å²) >= 11 is 0. The van der Waals surface area contributed by atoms with Crippen molar-refractivity contribution in [3.05, 3.63) is 87.5 Å². The molecule has 2 heterocycles. The zero-order valence-electron chi connectivity index (χ0n) is 17.6. The Balaban J connectivity index is 1.66. The zero-order valence-corrected chi connectivity index (χ0v) is 17.6. The van der Waals surface area contributed by atoms with Gasteiger partial charge in [0.1, 0.15) is 11.3 Å². The molecule has 154 valence electrons. The van der Waals surface area contributed by atoms with E-state index >= 15 is 0 Å². The molecule has 0 bridgehead atoms. The van der Waals surface area contributed by atoms with Crippen LogP contribution in [0.15, 0.2) is 59.7 Å². The van der Waals surface area contributed by atoms with Crippen LogP contribution in [0.25, 0.3) is 16.8 Å². The van der Waals surface area contributed by atoms with Gasteiger partial charge >= 0.3 is 0 Å². The zero-order chi connectivity index (χ0) is 21.4. The topological polar surface area (TPSA) is 68.8 Å². The van der Waals surface area contributed by atoms with E-state index in [-0.39, 0.29) is 12.1 Å². The van der Waals surface area contributed by atoms with E-state index in [1.54, 1.807) is 30.1 Å². The molecule has 6 heteroatoms. The van der Waals surface area contributed by atoms with Crippen LogP contribution in [-0.4, -0.2) is 26.4 Å². The summed E-state index contributed by atoms with van der Waals surface area (Å²) in [6, 6.07) is 13.4. The number of aromatic nitrogens is 3. The summed E-state index contributed by atoms with van der Waals surface area (Å²) in [5.41, 5.74) is 6.06. The Labute approximate surface area is 175 Å². The van der Waals surface area contributed by atoms with Gasteiger partial charge in [0.25, 0.3) is 5.56 Å². The first-order valence-corrected chi connectivity index (χ1v) is 9.86. The molecular weight excluding hydrogens is 378 g/mol. The van der Waals surface area contributed by atoms with Crippen LogP contribution in [0.2, 0.25) is 0 Å². The third-order valence-corrected chi connectivity index (χ3v) is 5.60. The van der Waals surface area contributed by atoms with Gasteiger partial charge in [-0.05, 0) is 73.4 Å². The van der Waals surface area contributed by atoms with Gasteiger partial charge in [0.2, 0.25) is 0 Å². The molecule has 1 N–H and O–H groups in total. The van der Waals surface area contributed by atoms with Crippen LogP contribution in [0.5, 0.6) is 5.75 Å². The first-order valence-electron chi connectivity index (χ1n) is 9.86. The largest absolute Gasteiger partial charge is 0.497 e. The van der Waals surface area contributed by atoms with Crippen molar-refractivity contribution in [2.24, 2.45) is 0 Å². The number of benzene rings is 2. The average molecular weight is 403 g/mol. The third-order valence-electron chi connectivity index (χ3n) is 5.60. The van der Waals surface area contributed by atoms with Crippen LogP contribution in [-0.2, 0) is 6.54 Å². The molecule has 0 amide bonds. The molecule has 4 rings (SSSR count). The van der Waals surface area contributed by atoms with E-state index in [2.05, 4.69) is 18.1 Å². The van der Waals surface area contributed by atoms with E-state index in [0.29, 0.717) is 11.2 Å². The summed E-state index contributed by atoms with van der Waals surface area (Å²) in [6.07, 6.45) is 2.64. The molecule has 0 radical (unpaired) electrons. The van der Waals surface area contributed by atoms with Gasteiger partial charge in [-0.25, -0.2) is 4.52 Å². The molecule has 0 aliphatic heterocycles. The number of aryl methyl sites for hydroxylation is 3. The molecule has 4 aromatic rings. The number of ether oxygens (including phenoxy) is 1. The predicted molar refractivity (Wildman–Crippen MR) is 117 cm³/mol. The number of hydrogen-bond donors (Lipinski definition) is 1. The number of aliphatic hydroxyl groups is 1. The van der Waals surface area contributed by atoms with Gasteiger partial charge in [-0.1, -0.05) is 12.1 Å². The number of nitrogens with zero attached hydrogens (tertiary/aromatic N) is 3. The maximum absolute atomic E-state index is 13.0. The standard InChI is InChI=1S/C24H25N3O3/c1-15-11-17(3)20(12-16(15)2)23(28)14-26-9-10-27-22(24(26)29)13-21(25-27)18-5-7-19(30-4)8-6-18/h5-13,23,28H,14H2,1-4H3/t23-/m1/s1. The minimum absolute atomic E-state index is 0.182. The molecule has 0 spiro atoms. The fourth-order valence-corrected chi connectivity index (χ4v) is 3.70. The fourth-order valence-electron chi connectivity index (χ4n) is 3.70. The lowest BCUT2D eigenvalue weighted by Gasteiger charge is -2.17. The number of fused-ring (bicyclic) bond motifs is 1. The molecule has 1 atom stereocenters. The molecule has 6 nitrogen and oxygen atoms in total. The van der Waals surface area contributed by atoms with Gasteiger partial charge in [0.05, 0.1) is 25.5 Å². The Morgan fingerprint density at radius 3 is 2.40 bits per heavy atom. The van der Waals surface area contributed by atoms with Crippen molar-refractivity contribution >= 4 is 5.52 Å². The second-order valence-corrected chi connectivity index (χ2v) is 7.65. The lowest BCUT2D eigenvalue weighted by molar-refractivity contribution is 0.154. The van der Waals surface area contributed by atoms with E-state index < -0.39 is 6.10 Å². The van der Waals surface area contributed by atoms with E-state index in [0.717, 1.165) is 28.0 Å². The minimum atomic E-state index is -0.770. The smallest absolute Gasteiger partial charge is 0.276 e. The van der Waals surface area contributed by atoms with E-state index in [9.17, 15) is 9.90 Å². The van der Waals surface area contributed by atoms with Crippen molar-refractivity contribution in [3.63, 3.8) is 0 Å². The Morgan fingerprint density at radius 1 is 1.00 bits per heavy atom.